The minimum Gasteiger partial charge on any atom is -0.493 e. The summed E-state index contributed by atoms with van der Waals surface area (Å²) < 4.78 is 19.6. The van der Waals surface area contributed by atoms with Crippen LogP contribution in [0.15, 0.2) is 18.2 Å². The quantitative estimate of drug-likeness (QED) is 0.795. The van der Waals surface area contributed by atoms with Crippen molar-refractivity contribution in [2.75, 3.05) is 13.7 Å². The smallest absolute Gasteiger partial charge is 0.131 e. The lowest BCUT2D eigenvalue weighted by molar-refractivity contribution is 0.246. The molecule has 2 atom stereocenters. The van der Waals surface area contributed by atoms with Crippen LogP contribution in [0.4, 0.5) is 4.39 Å². The molecule has 0 spiro atoms. The molecule has 1 rings (SSSR count). The maximum absolute atomic E-state index is 13.8. The van der Waals surface area contributed by atoms with E-state index < -0.39 is 0 Å². The largest absolute Gasteiger partial charge is 0.493 e. The minimum atomic E-state index is -0.211. The van der Waals surface area contributed by atoms with Crippen molar-refractivity contribution in [2.45, 2.75) is 39.7 Å². The van der Waals surface area contributed by atoms with Crippen molar-refractivity contribution in [3.63, 3.8) is 0 Å². The molecule has 0 saturated heterocycles. The van der Waals surface area contributed by atoms with E-state index in [0.717, 1.165) is 12.8 Å². The molecule has 0 bridgehead atoms. The van der Waals surface area contributed by atoms with Crippen molar-refractivity contribution < 1.29 is 9.13 Å². The summed E-state index contributed by atoms with van der Waals surface area (Å²) in [4.78, 5) is 0. The van der Waals surface area contributed by atoms with Gasteiger partial charge in [-0.2, -0.15) is 0 Å². The fourth-order valence-electron chi connectivity index (χ4n) is 2.02. The lowest BCUT2D eigenvalue weighted by atomic mass is 10.1. The topological polar surface area (TPSA) is 21.3 Å². The van der Waals surface area contributed by atoms with Crippen LogP contribution in [0.25, 0.3) is 0 Å². The number of halogens is 1. The van der Waals surface area contributed by atoms with E-state index in [9.17, 15) is 4.39 Å². The number of rotatable bonds is 7. The van der Waals surface area contributed by atoms with Gasteiger partial charge in [0, 0.05) is 11.6 Å². The summed E-state index contributed by atoms with van der Waals surface area (Å²) in [5, 5.41) is 3.06. The van der Waals surface area contributed by atoms with Gasteiger partial charge < -0.3 is 10.1 Å². The number of nitrogens with one attached hydrogen (secondary N) is 1. The Morgan fingerprint density at radius 3 is 2.67 bits per heavy atom. The highest BCUT2D eigenvalue weighted by Gasteiger charge is 2.15. The third-order valence-corrected chi connectivity index (χ3v) is 3.18. The summed E-state index contributed by atoms with van der Waals surface area (Å²) in [5.74, 6) is 0.938. The fourth-order valence-corrected chi connectivity index (χ4v) is 2.02. The second kappa shape index (κ2) is 7.37. The lowest BCUT2D eigenvalue weighted by Gasteiger charge is -2.19. The monoisotopic (exact) mass is 253 g/mol. The number of hydrogen-bond donors (Lipinski definition) is 1. The van der Waals surface area contributed by atoms with Crippen molar-refractivity contribution >= 4 is 0 Å². The van der Waals surface area contributed by atoms with Crippen LogP contribution in [0.2, 0.25) is 0 Å². The summed E-state index contributed by atoms with van der Waals surface area (Å²) in [7, 11) is 1.82. The molecule has 0 fully saturated rings. The van der Waals surface area contributed by atoms with E-state index >= 15 is 0 Å². The Labute approximate surface area is 110 Å². The summed E-state index contributed by atoms with van der Waals surface area (Å²) >= 11 is 0. The van der Waals surface area contributed by atoms with Gasteiger partial charge in [0.2, 0.25) is 0 Å². The van der Waals surface area contributed by atoms with Crippen LogP contribution in [0, 0.1) is 11.7 Å². The standard InChI is InChI=1S/C15H24FNO/c1-5-7-11(2)10-18-14-9-6-8-13(16)15(14)12(3)17-4/h6,8-9,11-12,17H,5,7,10H2,1-4H3. The normalized spacial score (nSPS) is 14.3. The molecule has 0 heterocycles. The SMILES string of the molecule is CCCC(C)COc1cccc(F)c1C(C)NC. The van der Waals surface area contributed by atoms with Crippen LogP contribution in [0.1, 0.15) is 45.2 Å². The summed E-state index contributed by atoms with van der Waals surface area (Å²) in [6.07, 6.45) is 2.28. The molecule has 2 unspecified atom stereocenters. The molecule has 1 N–H and O–H groups in total. The molecule has 2 nitrogen and oxygen atoms in total. The summed E-state index contributed by atoms with van der Waals surface area (Å²) in [5.41, 5.74) is 0.615. The molecule has 0 saturated carbocycles. The van der Waals surface area contributed by atoms with Gasteiger partial charge in [-0.05, 0) is 38.4 Å². The zero-order chi connectivity index (χ0) is 13.5. The van der Waals surface area contributed by atoms with Crippen molar-refractivity contribution in [1.29, 1.82) is 0 Å². The van der Waals surface area contributed by atoms with E-state index in [0.29, 0.717) is 23.8 Å². The highest BCUT2D eigenvalue weighted by Crippen LogP contribution is 2.28. The minimum absolute atomic E-state index is 0.0531. The second-order valence-corrected chi connectivity index (χ2v) is 4.87. The first kappa shape index (κ1) is 15.0. The number of ether oxygens (including phenoxy) is 1. The highest BCUT2D eigenvalue weighted by molar-refractivity contribution is 5.37. The first-order valence-corrected chi connectivity index (χ1v) is 6.68. The lowest BCUT2D eigenvalue weighted by Crippen LogP contribution is -2.17. The van der Waals surface area contributed by atoms with E-state index in [1.165, 1.54) is 6.07 Å². The van der Waals surface area contributed by atoms with Crippen LogP contribution < -0.4 is 10.1 Å². The van der Waals surface area contributed by atoms with Crippen molar-refractivity contribution in [2.24, 2.45) is 5.92 Å². The van der Waals surface area contributed by atoms with Crippen molar-refractivity contribution in [3.8, 4) is 5.75 Å². The predicted octanol–water partition coefficient (Wildman–Crippen LogP) is 3.92. The zero-order valence-electron chi connectivity index (χ0n) is 11.8. The predicted molar refractivity (Wildman–Crippen MR) is 73.4 cm³/mol. The van der Waals surface area contributed by atoms with Gasteiger partial charge in [-0.1, -0.05) is 26.3 Å². The second-order valence-electron chi connectivity index (χ2n) is 4.87. The van der Waals surface area contributed by atoms with Crippen molar-refractivity contribution in [3.05, 3.63) is 29.6 Å². The van der Waals surface area contributed by atoms with Gasteiger partial charge in [-0.25, -0.2) is 4.39 Å². The van der Waals surface area contributed by atoms with E-state index in [-0.39, 0.29) is 11.9 Å². The summed E-state index contributed by atoms with van der Waals surface area (Å²) in [6.45, 7) is 6.89. The Hall–Kier alpha value is -1.09. The van der Waals surface area contributed by atoms with Crippen molar-refractivity contribution in [1.82, 2.24) is 5.32 Å². The van der Waals surface area contributed by atoms with Gasteiger partial charge >= 0.3 is 0 Å². The molecule has 3 heteroatoms. The molecule has 0 aliphatic rings. The average Bonchev–Trinajstić information content (AvgIpc) is 2.36. The van der Waals surface area contributed by atoms with E-state index in [1.807, 2.05) is 20.0 Å². The molecule has 102 valence electrons. The third-order valence-electron chi connectivity index (χ3n) is 3.18. The molecule has 1 aromatic rings. The van der Waals surface area contributed by atoms with Crippen LogP contribution in [-0.4, -0.2) is 13.7 Å². The summed E-state index contributed by atoms with van der Waals surface area (Å²) in [6, 6.07) is 4.96. The molecule has 0 aliphatic carbocycles. The maximum atomic E-state index is 13.8. The van der Waals surface area contributed by atoms with E-state index in [2.05, 4.69) is 19.2 Å². The molecule has 0 aliphatic heterocycles. The van der Waals surface area contributed by atoms with Gasteiger partial charge in [-0.15, -0.1) is 0 Å². The van der Waals surface area contributed by atoms with Gasteiger partial charge in [0.25, 0.3) is 0 Å². The van der Waals surface area contributed by atoms with Crippen LogP contribution in [0.5, 0.6) is 5.75 Å². The van der Waals surface area contributed by atoms with Gasteiger partial charge in [0.1, 0.15) is 11.6 Å². The van der Waals surface area contributed by atoms with Crippen LogP contribution in [0.3, 0.4) is 0 Å². The van der Waals surface area contributed by atoms with E-state index in [4.69, 9.17) is 4.74 Å². The van der Waals surface area contributed by atoms with Gasteiger partial charge in [0.15, 0.2) is 0 Å². The molecule has 0 amide bonds. The number of hydrogen-bond acceptors (Lipinski definition) is 2. The van der Waals surface area contributed by atoms with Crippen LogP contribution >= 0.6 is 0 Å². The first-order chi connectivity index (χ1) is 8.60. The maximum Gasteiger partial charge on any atom is 0.131 e. The van der Waals surface area contributed by atoms with E-state index in [1.54, 1.807) is 6.07 Å². The molecule has 1 aromatic carbocycles. The number of benzene rings is 1. The average molecular weight is 253 g/mol. The fraction of sp³-hybridized carbons (Fsp3) is 0.600. The molecule has 18 heavy (non-hydrogen) atoms. The zero-order valence-corrected chi connectivity index (χ0v) is 11.8. The first-order valence-electron chi connectivity index (χ1n) is 6.68. The molecule has 0 aromatic heterocycles. The Balaban J connectivity index is 2.78. The highest BCUT2D eigenvalue weighted by atomic mass is 19.1. The molecule has 0 radical (unpaired) electrons. The van der Waals surface area contributed by atoms with Crippen LogP contribution in [-0.2, 0) is 0 Å². The third kappa shape index (κ3) is 3.98. The Morgan fingerprint density at radius 2 is 2.06 bits per heavy atom. The Morgan fingerprint density at radius 1 is 1.33 bits per heavy atom. The Bertz CT molecular complexity index is 368. The van der Waals surface area contributed by atoms with Gasteiger partial charge in [-0.3, -0.25) is 0 Å². The van der Waals surface area contributed by atoms with Gasteiger partial charge in [0.05, 0.1) is 6.61 Å². The molecular formula is C15H24FNO. The Kier molecular flexibility index (Phi) is 6.13. The molecular weight excluding hydrogens is 229 g/mol.